The maximum atomic E-state index is 5.53. The Bertz CT molecular complexity index is 656. The summed E-state index contributed by atoms with van der Waals surface area (Å²) in [7, 11) is 3.25. The maximum absolute atomic E-state index is 5.53. The first-order valence-corrected chi connectivity index (χ1v) is 7.50. The Morgan fingerprint density at radius 1 is 1.27 bits per heavy atom. The van der Waals surface area contributed by atoms with Crippen LogP contribution in [0.3, 0.4) is 0 Å². The quantitative estimate of drug-likeness (QED) is 0.844. The van der Waals surface area contributed by atoms with Gasteiger partial charge in [0.1, 0.15) is 17.7 Å². The molecule has 1 saturated heterocycles. The van der Waals surface area contributed by atoms with E-state index in [4.69, 9.17) is 14.2 Å². The van der Waals surface area contributed by atoms with Crippen LogP contribution in [0, 0.1) is 0 Å². The predicted octanol–water partition coefficient (Wildman–Crippen LogP) is 2.26. The number of aromatic nitrogens is 2. The summed E-state index contributed by atoms with van der Waals surface area (Å²) < 4.78 is 16.4. The Balaban J connectivity index is 2.13. The minimum absolute atomic E-state index is 0.358. The Labute approximate surface area is 130 Å². The number of anilines is 1. The molecule has 0 radical (unpaired) electrons. The average Bonchev–Trinajstić information content (AvgIpc) is 3.08. The van der Waals surface area contributed by atoms with E-state index < -0.39 is 0 Å². The van der Waals surface area contributed by atoms with Gasteiger partial charge in [0.2, 0.25) is 0 Å². The molecule has 1 unspecified atom stereocenters. The molecule has 3 rings (SSSR count). The van der Waals surface area contributed by atoms with E-state index in [-0.39, 0.29) is 0 Å². The first-order valence-electron chi connectivity index (χ1n) is 7.50. The molecule has 1 aromatic carbocycles. The second kappa shape index (κ2) is 6.36. The lowest BCUT2D eigenvalue weighted by molar-refractivity contribution is 0.193. The molecule has 0 amide bonds. The molecular weight excluding hydrogens is 282 g/mol. The number of nitrogens with zero attached hydrogens (tertiary/aromatic N) is 3. The highest BCUT2D eigenvalue weighted by molar-refractivity contribution is 5.95. The van der Waals surface area contributed by atoms with Crippen molar-refractivity contribution < 1.29 is 14.2 Å². The number of rotatable bonds is 5. The van der Waals surface area contributed by atoms with Crippen LogP contribution in [0.2, 0.25) is 0 Å². The Morgan fingerprint density at radius 2 is 2.14 bits per heavy atom. The smallest absolute Gasteiger partial charge is 0.187 e. The molecule has 0 bridgehead atoms. The van der Waals surface area contributed by atoms with Crippen LogP contribution in [0.1, 0.15) is 13.3 Å². The van der Waals surface area contributed by atoms with Gasteiger partial charge >= 0.3 is 0 Å². The number of methoxy groups -OCH3 is 2. The van der Waals surface area contributed by atoms with Gasteiger partial charge < -0.3 is 19.1 Å². The first-order chi connectivity index (χ1) is 10.8. The van der Waals surface area contributed by atoms with Crippen molar-refractivity contribution in [1.29, 1.82) is 0 Å². The van der Waals surface area contributed by atoms with Crippen LogP contribution in [-0.4, -0.2) is 50.0 Å². The summed E-state index contributed by atoms with van der Waals surface area (Å²) >= 11 is 0. The molecule has 6 nitrogen and oxygen atoms in total. The molecule has 6 heteroatoms. The molecular formula is C16H21N3O3. The SMILES string of the molecule is CCN(c1ncnc2c(OC)c(OC)ccc12)C1CCOC1. The van der Waals surface area contributed by atoms with Gasteiger partial charge in [-0.25, -0.2) is 9.97 Å². The largest absolute Gasteiger partial charge is 0.493 e. The van der Waals surface area contributed by atoms with E-state index in [1.807, 2.05) is 12.1 Å². The van der Waals surface area contributed by atoms with Crippen molar-refractivity contribution in [3.8, 4) is 11.5 Å². The van der Waals surface area contributed by atoms with E-state index in [1.165, 1.54) is 0 Å². The fourth-order valence-corrected chi connectivity index (χ4v) is 3.01. The molecule has 1 fully saturated rings. The van der Waals surface area contributed by atoms with Crippen LogP contribution in [0.25, 0.3) is 10.9 Å². The number of benzene rings is 1. The molecule has 0 aliphatic carbocycles. The zero-order chi connectivity index (χ0) is 15.5. The second-order valence-electron chi connectivity index (χ2n) is 5.20. The van der Waals surface area contributed by atoms with Gasteiger partial charge in [-0.15, -0.1) is 0 Å². The van der Waals surface area contributed by atoms with Crippen LogP contribution in [0.15, 0.2) is 18.5 Å². The molecule has 0 N–H and O–H groups in total. The third-order valence-electron chi connectivity index (χ3n) is 4.09. The summed E-state index contributed by atoms with van der Waals surface area (Å²) in [6.07, 6.45) is 2.60. The van der Waals surface area contributed by atoms with Gasteiger partial charge in [0.05, 0.1) is 26.9 Å². The van der Waals surface area contributed by atoms with Crippen molar-refractivity contribution >= 4 is 16.7 Å². The van der Waals surface area contributed by atoms with E-state index in [0.29, 0.717) is 17.5 Å². The van der Waals surface area contributed by atoms with E-state index in [0.717, 1.165) is 42.9 Å². The maximum Gasteiger partial charge on any atom is 0.187 e. The average molecular weight is 303 g/mol. The van der Waals surface area contributed by atoms with Gasteiger partial charge in [-0.1, -0.05) is 0 Å². The summed E-state index contributed by atoms with van der Waals surface area (Å²) in [6.45, 7) is 4.55. The Hall–Kier alpha value is -2.08. The van der Waals surface area contributed by atoms with Crippen LogP contribution < -0.4 is 14.4 Å². The molecule has 2 heterocycles. The van der Waals surface area contributed by atoms with Crippen molar-refractivity contribution in [1.82, 2.24) is 9.97 Å². The highest BCUT2D eigenvalue weighted by atomic mass is 16.5. The minimum Gasteiger partial charge on any atom is -0.493 e. The standard InChI is InChI=1S/C16H21N3O3/c1-4-19(11-7-8-22-9-11)16-12-5-6-13(20-2)15(21-3)14(12)17-10-18-16/h5-6,10-11H,4,7-9H2,1-3H3. The normalized spacial score (nSPS) is 17.7. The molecule has 0 saturated carbocycles. The van der Waals surface area contributed by atoms with E-state index >= 15 is 0 Å². The van der Waals surface area contributed by atoms with Crippen molar-refractivity contribution in [2.24, 2.45) is 0 Å². The zero-order valence-corrected chi connectivity index (χ0v) is 13.2. The number of hydrogen-bond acceptors (Lipinski definition) is 6. The van der Waals surface area contributed by atoms with Crippen LogP contribution in [0.5, 0.6) is 11.5 Å². The summed E-state index contributed by atoms with van der Waals surface area (Å²) in [4.78, 5) is 11.2. The highest BCUT2D eigenvalue weighted by Gasteiger charge is 2.25. The van der Waals surface area contributed by atoms with Crippen molar-refractivity contribution in [2.45, 2.75) is 19.4 Å². The molecule has 22 heavy (non-hydrogen) atoms. The van der Waals surface area contributed by atoms with E-state index in [1.54, 1.807) is 20.5 Å². The highest BCUT2D eigenvalue weighted by Crippen LogP contribution is 2.37. The first kappa shape index (κ1) is 14.8. The third-order valence-corrected chi connectivity index (χ3v) is 4.09. The third kappa shape index (κ3) is 2.43. The van der Waals surface area contributed by atoms with Gasteiger partial charge in [0.15, 0.2) is 11.5 Å². The molecule has 1 aromatic heterocycles. The van der Waals surface area contributed by atoms with E-state index in [9.17, 15) is 0 Å². The van der Waals surface area contributed by atoms with Gasteiger partial charge in [-0.05, 0) is 25.5 Å². The van der Waals surface area contributed by atoms with Crippen LogP contribution >= 0.6 is 0 Å². The lowest BCUT2D eigenvalue weighted by Crippen LogP contribution is -2.36. The predicted molar refractivity (Wildman–Crippen MR) is 84.9 cm³/mol. The lowest BCUT2D eigenvalue weighted by atomic mass is 10.1. The summed E-state index contributed by atoms with van der Waals surface area (Å²) in [5.74, 6) is 2.23. The monoisotopic (exact) mass is 303 g/mol. The fraction of sp³-hybridized carbons (Fsp3) is 0.500. The van der Waals surface area contributed by atoms with Gasteiger partial charge in [0.25, 0.3) is 0 Å². The van der Waals surface area contributed by atoms with Gasteiger partial charge in [-0.3, -0.25) is 0 Å². The topological polar surface area (TPSA) is 56.7 Å². The van der Waals surface area contributed by atoms with Crippen molar-refractivity contribution in [3.63, 3.8) is 0 Å². The van der Waals surface area contributed by atoms with Crippen molar-refractivity contribution in [3.05, 3.63) is 18.5 Å². The summed E-state index contributed by atoms with van der Waals surface area (Å²) in [6, 6.07) is 4.24. The van der Waals surface area contributed by atoms with E-state index in [2.05, 4.69) is 21.8 Å². The Kier molecular flexibility index (Phi) is 4.29. The minimum atomic E-state index is 0.358. The van der Waals surface area contributed by atoms with Crippen molar-refractivity contribution in [2.75, 3.05) is 38.9 Å². The van der Waals surface area contributed by atoms with Crippen LogP contribution in [-0.2, 0) is 4.74 Å². The summed E-state index contributed by atoms with van der Waals surface area (Å²) in [5, 5.41) is 0.967. The molecule has 0 spiro atoms. The summed E-state index contributed by atoms with van der Waals surface area (Å²) in [5.41, 5.74) is 0.768. The molecule has 1 aliphatic rings. The lowest BCUT2D eigenvalue weighted by Gasteiger charge is -2.28. The second-order valence-corrected chi connectivity index (χ2v) is 5.20. The number of ether oxygens (including phenoxy) is 3. The number of hydrogen-bond donors (Lipinski definition) is 0. The number of fused-ring (bicyclic) bond motifs is 1. The Morgan fingerprint density at radius 3 is 2.77 bits per heavy atom. The molecule has 1 aliphatic heterocycles. The van der Waals surface area contributed by atoms with Gasteiger partial charge in [-0.2, -0.15) is 0 Å². The number of likely N-dealkylation sites (N-methyl/N-ethyl adjacent to an activating group) is 1. The van der Waals surface area contributed by atoms with Crippen LogP contribution in [0.4, 0.5) is 5.82 Å². The molecule has 2 aromatic rings. The fourth-order valence-electron chi connectivity index (χ4n) is 3.01. The van der Waals surface area contributed by atoms with Gasteiger partial charge in [0, 0.05) is 18.5 Å². The molecule has 118 valence electrons. The zero-order valence-electron chi connectivity index (χ0n) is 13.2. The molecule has 1 atom stereocenters.